The number of hydrogen-bond donors (Lipinski definition) is 0. The van der Waals surface area contributed by atoms with E-state index in [0.29, 0.717) is 24.0 Å². The summed E-state index contributed by atoms with van der Waals surface area (Å²) in [6.45, 7) is 5.71. The maximum Gasteiger partial charge on any atom is 0.156 e. The predicted octanol–water partition coefficient (Wildman–Crippen LogP) is 6.44. The molecule has 1 heterocycles. The van der Waals surface area contributed by atoms with Gasteiger partial charge in [0.15, 0.2) is 5.78 Å². The maximum atomic E-state index is 12.2. The van der Waals surface area contributed by atoms with Crippen LogP contribution < -0.4 is 0 Å². The lowest BCUT2D eigenvalue weighted by atomic mass is 9.51. The number of aryl methyl sites for hydroxylation is 1. The number of benzene rings is 1. The van der Waals surface area contributed by atoms with Crippen LogP contribution in [0, 0.1) is 24.2 Å². The summed E-state index contributed by atoms with van der Waals surface area (Å²) in [4.78, 5) is 12.2. The molecule has 1 aromatic carbocycles. The molecule has 3 fully saturated rings. The number of allylic oxidation sites excluding steroid dienone is 4. The molecule has 5 atom stereocenters. The zero-order valence-corrected chi connectivity index (χ0v) is 18.5. The van der Waals surface area contributed by atoms with E-state index in [-0.39, 0.29) is 11.0 Å². The fourth-order valence-corrected chi connectivity index (χ4v) is 8.18. The first-order valence-electron chi connectivity index (χ1n) is 12.2. The monoisotopic (exact) mass is 402 g/mol. The molecule has 0 radical (unpaired) electrons. The van der Waals surface area contributed by atoms with Gasteiger partial charge in [0.2, 0.25) is 0 Å². The van der Waals surface area contributed by atoms with Crippen LogP contribution >= 0.6 is 0 Å². The summed E-state index contributed by atoms with van der Waals surface area (Å²) in [5.41, 5.74) is 7.81. The fraction of sp³-hybridized carbons (Fsp3) is 0.607. The van der Waals surface area contributed by atoms with E-state index in [2.05, 4.69) is 38.1 Å². The van der Waals surface area contributed by atoms with E-state index in [1.807, 2.05) is 6.08 Å². The molecule has 2 saturated carbocycles. The van der Waals surface area contributed by atoms with Crippen molar-refractivity contribution in [3.8, 4) is 0 Å². The minimum Gasteiger partial charge on any atom is -0.374 e. The zero-order chi connectivity index (χ0) is 20.5. The summed E-state index contributed by atoms with van der Waals surface area (Å²) >= 11 is 0. The van der Waals surface area contributed by atoms with Crippen molar-refractivity contribution in [3.63, 3.8) is 0 Å². The Kier molecular flexibility index (Phi) is 4.23. The second kappa shape index (κ2) is 6.66. The maximum absolute atomic E-state index is 12.2. The van der Waals surface area contributed by atoms with Crippen LogP contribution in [0.2, 0.25) is 0 Å². The lowest BCUT2D eigenvalue weighted by Crippen LogP contribution is -2.51. The number of carbonyl (C=O) groups excluding carboxylic acids is 1. The summed E-state index contributed by atoms with van der Waals surface area (Å²) in [6, 6.07) is 9.31. The molecule has 2 unspecified atom stereocenters. The van der Waals surface area contributed by atoms with E-state index in [0.717, 1.165) is 25.4 Å². The van der Waals surface area contributed by atoms with E-state index in [4.69, 9.17) is 4.74 Å². The Hall–Kier alpha value is -1.67. The number of hydrogen-bond acceptors (Lipinski definition) is 2. The zero-order valence-electron chi connectivity index (χ0n) is 18.5. The van der Waals surface area contributed by atoms with Crippen LogP contribution in [0.4, 0.5) is 0 Å². The highest BCUT2D eigenvalue weighted by Crippen LogP contribution is 2.69. The molecule has 6 rings (SSSR count). The summed E-state index contributed by atoms with van der Waals surface area (Å²) in [5.74, 6) is 2.21. The highest BCUT2D eigenvalue weighted by Gasteiger charge is 2.64. The van der Waals surface area contributed by atoms with E-state index in [1.54, 1.807) is 11.1 Å². The number of fused-ring (bicyclic) bond motifs is 5. The van der Waals surface area contributed by atoms with E-state index in [9.17, 15) is 4.79 Å². The van der Waals surface area contributed by atoms with Gasteiger partial charge in [-0.3, -0.25) is 4.79 Å². The number of rotatable bonds is 1. The standard InChI is InChI=1S/C28H34O2/c1-18-4-6-19(7-5-18)24-17-27(2)25(12-14-28(27)13-3-15-30-28)23-10-8-20-16-21(29)9-11-22(20)26(23)24/h4-7,16,23-25H,3,8-15,17H2,1-2H3/t23?,24-,25?,27+,28+/m1/s1. The molecule has 0 amide bonds. The molecule has 1 aliphatic heterocycles. The van der Waals surface area contributed by atoms with E-state index < -0.39 is 0 Å². The summed E-state index contributed by atoms with van der Waals surface area (Å²) in [7, 11) is 0. The minimum absolute atomic E-state index is 0.107. The number of ether oxygens (including phenoxy) is 1. The highest BCUT2D eigenvalue weighted by molar-refractivity contribution is 5.93. The van der Waals surface area contributed by atoms with Gasteiger partial charge in [0, 0.05) is 24.4 Å². The van der Waals surface area contributed by atoms with Crippen LogP contribution in [0.15, 0.2) is 47.1 Å². The molecule has 158 valence electrons. The van der Waals surface area contributed by atoms with Gasteiger partial charge < -0.3 is 4.74 Å². The third-order valence-corrected chi connectivity index (χ3v) is 9.61. The summed E-state index contributed by atoms with van der Waals surface area (Å²) in [5, 5.41) is 0. The fourth-order valence-electron chi connectivity index (χ4n) is 8.18. The second-order valence-electron chi connectivity index (χ2n) is 10.9. The molecule has 0 aromatic heterocycles. The average Bonchev–Trinajstić information content (AvgIpc) is 3.34. The van der Waals surface area contributed by atoms with Gasteiger partial charge in [0.05, 0.1) is 5.60 Å². The SMILES string of the molecule is Cc1ccc([C@H]2C[C@@]3(C)C(CC[C@@]34CCCO4)C3CCC4=CC(=O)CCC4=C32)cc1. The van der Waals surface area contributed by atoms with Gasteiger partial charge in [-0.15, -0.1) is 0 Å². The van der Waals surface area contributed by atoms with Crippen molar-refractivity contribution < 1.29 is 9.53 Å². The Balaban J connectivity index is 1.52. The quantitative estimate of drug-likeness (QED) is 0.540. The van der Waals surface area contributed by atoms with Crippen molar-refractivity contribution in [2.45, 2.75) is 83.2 Å². The van der Waals surface area contributed by atoms with Crippen molar-refractivity contribution in [2.75, 3.05) is 6.61 Å². The molecule has 2 heteroatoms. The summed E-state index contributed by atoms with van der Waals surface area (Å²) in [6.07, 6.45) is 12.2. The van der Waals surface area contributed by atoms with Crippen LogP contribution in [0.25, 0.3) is 0 Å². The van der Waals surface area contributed by atoms with Crippen LogP contribution in [0.5, 0.6) is 0 Å². The van der Waals surface area contributed by atoms with Crippen LogP contribution in [0.1, 0.15) is 81.8 Å². The normalized spacial score (nSPS) is 40.3. The number of carbonyl (C=O) groups is 1. The second-order valence-corrected chi connectivity index (χ2v) is 10.9. The van der Waals surface area contributed by atoms with Gasteiger partial charge in [-0.2, -0.15) is 0 Å². The van der Waals surface area contributed by atoms with Gasteiger partial charge in [0.1, 0.15) is 0 Å². The Bertz CT molecular complexity index is 943. The van der Waals surface area contributed by atoms with Crippen molar-refractivity contribution in [1.82, 2.24) is 0 Å². The third-order valence-electron chi connectivity index (χ3n) is 9.61. The highest BCUT2D eigenvalue weighted by atomic mass is 16.5. The Labute approximate surface area is 180 Å². The first kappa shape index (κ1) is 19.0. The molecular weight excluding hydrogens is 368 g/mol. The lowest BCUT2D eigenvalue weighted by Gasteiger charge is -2.55. The van der Waals surface area contributed by atoms with E-state index >= 15 is 0 Å². The van der Waals surface area contributed by atoms with Gasteiger partial charge in [-0.05, 0) is 92.9 Å². The number of ketones is 1. The van der Waals surface area contributed by atoms with Crippen molar-refractivity contribution in [3.05, 3.63) is 58.2 Å². The Morgan fingerprint density at radius 1 is 1.03 bits per heavy atom. The molecule has 5 aliphatic rings. The molecule has 30 heavy (non-hydrogen) atoms. The summed E-state index contributed by atoms with van der Waals surface area (Å²) < 4.78 is 6.61. The van der Waals surface area contributed by atoms with Gasteiger partial charge in [-0.1, -0.05) is 42.3 Å². The first-order valence-corrected chi connectivity index (χ1v) is 12.2. The predicted molar refractivity (Wildman–Crippen MR) is 119 cm³/mol. The topological polar surface area (TPSA) is 26.3 Å². The molecule has 0 N–H and O–H groups in total. The molecule has 4 aliphatic carbocycles. The van der Waals surface area contributed by atoms with Crippen molar-refractivity contribution >= 4 is 5.78 Å². The smallest absolute Gasteiger partial charge is 0.156 e. The average molecular weight is 403 g/mol. The molecule has 1 spiro atoms. The third kappa shape index (κ3) is 2.55. The van der Waals surface area contributed by atoms with Gasteiger partial charge in [-0.25, -0.2) is 0 Å². The lowest BCUT2D eigenvalue weighted by molar-refractivity contribution is -0.114. The first-order chi connectivity index (χ1) is 14.5. The Morgan fingerprint density at radius 3 is 2.63 bits per heavy atom. The molecule has 1 aromatic rings. The minimum atomic E-state index is 0.107. The molecular formula is C28H34O2. The van der Waals surface area contributed by atoms with Gasteiger partial charge >= 0.3 is 0 Å². The van der Waals surface area contributed by atoms with Crippen LogP contribution in [-0.2, 0) is 9.53 Å². The molecule has 0 bridgehead atoms. The molecule has 1 saturated heterocycles. The van der Waals surface area contributed by atoms with E-state index in [1.165, 1.54) is 55.2 Å². The Morgan fingerprint density at radius 2 is 1.87 bits per heavy atom. The largest absolute Gasteiger partial charge is 0.374 e. The van der Waals surface area contributed by atoms with Crippen molar-refractivity contribution in [2.24, 2.45) is 17.3 Å². The van der Waals surface area contributed by atoms with Crippen molar-refractivity contribution in [1.29, 1.82) is 0 Å². The van der Waals surface area contributed by atoms with Crippen LogP contribution in [0.3, 0.4) is 0 Å². The van der Waals surface area contributed by atoms with Crippen LogP contribution in [-0.4, -0.2) is 18.0 Å². The van der Waals surface area contributed by atoms with Gasteiger partial charge in [0.25, 0.3) is 0 Å². The molecule has 2 nitrogen and oxygen atoms in total.